The van der Waals surface area contributed by atoms with Gasteiger partial charge in [0.2, 0.25) is 0 Å². The van der Waals surface area contributed by atoms with E-state index in [1.165, 1.54) is 11.1 Å². The average molecular weight is 249 g/mol. The smallest absolute Gasteiger partial charge is 0.130 e. The summed E-state index contributed by atoms with van der Waals surface area (Å²) in [7, 11) is 0. The van der Waals surface area contributed by atoms with Crippen LogP contribution in [0.25, 0.3) is 17.0 Å². The Labute approximate surface area is 112 Å². The van der Waals surface area contributed by atoms with Gasteiger partial charge in [0.05, 0.1) is 0 Å². The summed E-state index contributed by atoms with van der Waals surface area (Å²) >= 11 is 0. The maximum absolute atomic E-state index is 8.85. The Morgan fingerprint density at radius 1 is 1.21 bits per heavy atom. The molecule has 0 bridgehead atoms. The number of hydrogen-bond acceptors (Lipinski definition) is 2. The Kier molecular flexibility index (Phi) is 3.68. The van der Waals surface area contributed by atoms with Gasteiger partial charge in [0.15, 0.2) is 0 Å². The number of H-pyrrole nitrogens is 1. The van der Waals surface area contributed by atoms with Crippen molar-refractivity contribution in [2.75, 3.05) is 0 Å². The van der Waals surface area contributed by atoms with E-state index in [1.807, 2.05) is 18.3 Å². The third kappa shape index (κ3) is 2.37. The number of rotatable bonds is 3. The lowest BCUT2D eigenvalue weighted by molar-refractivity contribution is 1.10. The largest absolute Gasteiger partial charge is 0.360 e. The van der Waals surface area contributed by atoms with Gasteiger partial charge in [-0.2, -0.15) is 10.5 Å². The van der Waals surface area contributed by atoms with Crippen LogP contribution in [0.15, 0.2) is 23.9 Å². The SMILES string of the molecule is CCc1cc(CC)c2[nH]cc(C=C(C#N)C#N)c2c1. The number of fused-ring (bicyclic) bond motifs is 1. The average Bonchev–Trinajstić information content (AvgIpc) is 2.86. The van der Waals surface area contributed by atoms with Gasteiger partial charge in [0.1, 0.15) is 17.7 Å². The molecular weight excluding hydrogens is 234 g/mol. The van der Waals surface area contributed by atoms with Crippen molar-refractivity contribution in [3.05, 3.63) is 40.6 Å². The first-order chi connectivity index (χ1) is 9.23. The molecular formula is C16H15N3. The third-order valence-corrected chi connectivity index (χ3v) is 3.29. The Balaban J connectivity index is 2.69. The number of aromatic amines is 1. The third-order valence-electron chi connectivity index (χ3n) is 3.29. The molecule has 0 saturated carbocycles. The molecule has 0 fully saturated rings. The van der Waals surface area contributed by atoms with E-state index < -0.39 is 0 Å². The van der Waals surface area contributed by atoms with Crippen LogP contribution in [0.4, 0.5) is 0 Å². The van der Waals surface area contributed by atoms with E-state index in [4.69, 9.17) is 10.5 Å². The van der Waals surface area contributed by atoms with Crippen LogP contribution in [-0.2, 0) is 12.8 Å². The van der Waals surface area contributed by atoms with Gasteiger partial charge in [0.25, 0.3) is 0 Å². The fraction of sp³-hybridized carbons (Fsp3) is 0.250. The van der Waals surface area contributed by atoms with Crippen LogP contribution in [0.1, 0.15) is 30.5 Å². The minimum absolute atomic E-state index is 0.126. The molecule has 0 aliphatic carbocycles. The highest BCUT2D eigenvalue weighted by Crippen LogP contribution is 2.26. The molecule has 0 atom stereocenters. The second kappa shape index (κ2) is 5.42. The summed E-state index contributed by atoms with van der Waals surface area (Å²) in [6.45, 7) is 4.25. The van der Waals surface area contributed by atoms with Gasteiger partial charge in [0, 0.05) is 22.7 Å². The molecule has 0 amide bonds. The Bertz CT molecular complexity index is 705. The summed E-state index contributed by atoms with van der Waals surface area (Å²) in [4.78, 5) is 3.25. The highest BCUT2D eigenvalue weighted by molar-refractivity contribution is 5.92. The Hall–Kier alpha value is -2.52. The van der Waals surface area contributed by atoms with Gasteiger partial charge in [-0.3, -0.25) is 0 Å². The highest BCUT2D eigenvalue weighted by atomic mass is 14.7. The molecule has 3 heteroatoms. The predicted octanol–water partition coefficient (Wildman–Crippen LogP) is 3.72. The maximum Gasteiger partial charge on any atom is 0.130 e. The molecule has 0 spiro atoms. The van der Waals surface area contributed by atoms with Gasteiger partial charge in [-0.25, -0.2) is 0 Å². The van der Waals surface area contributed by atoms with Crippen molar-refractivity contribution >= 4 is 17.0 Å². The number of nitriles is 2. The first kappa shape index (κ1) is 12.9. The molecule has 2 rings (SSSR count). The lowest BCUT2D eigenvalue weighted by atomic mass is 10.0. The van der Waals surface area contributed by atoms with Crippen LogP contribution in [-0.4, -0.2) is 4.98 Å². The number of nitrogens with one attached hydrogen (secondary N) is 1. The van der Waals surface area contributed by atoms with Crippen molar-refractivity contribution in [3.8, 4) is 12.1 Å². The maximum atomic E-state index is 8.85. The zero-order valence-corrected chi connectivity index (χ0v) is 11.1. The standard InChI is InChI=1S/C16H15N3/c1-3-11-5-13(4-2)16-15(7-11)14(10-19-16)6-12(8-17)9-18/h5-7,10,19H,3-4H2,1-2H3. The van der Waals surface area contributed by atoms with E-state index in [-0.39, 0.29) is 5.57 Å². The molecule has 0 aliphatic rings. The zero-order chi connectivity index (χ0) is 13.8. The molecule has 19 heavy (non-hydrogen) atoms. The van der Waals surface area contributed by atoms with Gasteiger partial charge >= 0.3 is 0 Å². The van der Waals surface area contributed by atoms with E-state index in [0.29, 0.717) is 0 Å². The van der Waals surface area contributed by atoms with Crippen LogP contribution in [0.2, 0.25) is 0 Å². The van der Waals surface area contributed by atoms with E-state index >= 15 is 0 Å². The monoisotopic (exact) mass is 249 g/mol. The number of aryl methyl sites for hydroxylation is 2. The molecule has 0 radical (unpaired) electrons. The molecule has 1 aromatic heterocycles. The summed E-state index contributed by atoms with van der Waals surface area (Å²) in [5, 5.41) is 18.8. The Morgan fingerprint density at radius 3 is 2.53 bits per heavy atom. The molecule has 0 saturated heterocycles. The molecule has 2 aromatic rings. The summed E-state index contributed by atoms with van der Waals surface area (Å²) < 4.78 is 0. The molecule has 94 valence electrons. The highest BCUT2D eigenvalue weighted by Gasteiger charge is 2.08. The lowest BCUT2D eigenvalue weighted by Crippen LogP contribution is -1.88. The fourth-order valence-corrected chi connectivity index (χ4v) is 2.24. The van der Waals surface area contributed by atoms with Crippen molar-refractivity contribution in [3.63, 3.8) is 0 Å². The van der Waals surface area contributed by atoms with Gasteiger partial charge in [-0.05, 0) is 36.1 Å². The van der Waals surface area contributed by atoms with Crippen LogP contribution in [0, 0.1) is 22.7 Å². The van der Waals surface area contributed by atoms with Gasteiger partial charge in [-0.15, -0.1) is 0 Å². The second-order valence-electron chi connectivity index (χ2n) is 4.41. The first-order valence-corrected chi connectivity index (χ1v) is 6.38. The summed E-state index contributed by atoms with van der Waals surface area (Å²) in [5.74, 6) is 0. The second-order valence-corrected chi connectivity index (χ2v) is 4.41. The van der Waals surface area contributed by atoms with E-state index in [0.717, 1.165) is 29.3 Å². The van der Waals surface area contributed by atoms with Gasteiger partial charge < -0.3 is 4.98 Å². The van der Waals surface area contributed by atoms with E-state index in [2.05, 4.69) is 31.0 Å². The number of aromatic nitrogens is 1. The fourth-order valence-electron chi connectivity index (χ4n) is 2.24. The molecule has 1 heterocycles. The number of benzene rings is 1. The number of nitrogens with zero attached hydrogens (tertiary/aromatic N) is 2. The lowest BCUT2D eigenvalue weighted by Gasteiger charge is -2.04. The summed E-state index contributed by atoms with van der Waals surface area (Å²) in [6.07, 6.45) is 5.42. The quantitative estimate of drug-likeness (QED) is 0.842. The number of allylic oxidation sites excluding steroid dienone is 1. The van der Waals surface area contributed by atoms with Gasteiger partial charge in [-0.1, -0.05) is 19.9 Å². The van der Waals surface area contributed by atoms with Crippen LogP contribution in [0.5, 0.6) is 0 Å². The topological polar surface area (TPSA) is 63.4 Å². The molecule has 3 nitrogen and oxygen atoms in total. The first-order valence-electron chi connectivity index (χ1n) is 6.38. The minimum atomic E-state index is 0.126. The van der Waals surface area contributed by atoms with E-state index in [1.54, 1.807) is 6.08 Å². The van der Waals surface area contributed by atoms with Crippen molar-refractivity contribution in [1.82, 2.24) is 4.98 Å². The summed E-state index contributed by atoms with van der Waals surface area (Å²) in [5.41, 5.74) is 4.67. The normalized spacial score (nSPS) is 9.89. The number of hydrogen-bond donors (Lipinski definition) is 1. The van der Waals surface area contributed by atoms with Crippen LogP contribution >= 0.6 is 0 Å². The molecule has 0 aliphatic heterocycles. The van der Waals surface area contributed by atoms with Crippen molar-refractivity contribution in [2.24, 2.45) is 0 Å². The van der Waals surface area contributed by atoms with E-state index in [9.17, 15) is 0 Å². The molecule has 0 unspecified atom stereocenters. The molecule has 1 N–H and O–H groups in total. The zero-order valence-electron chi connectivity index (χ0n) is 11.1. The summed E-state index contributed by atoms with van der Waals surface area (Å²) in [6, 6.07) is 8.13. The van der Waals surface area contributed by atoms with Crippen molar-refractivity contribution < 1.29 is 0 Å². The van der Waals surface area contributed by atoms with Crippen LogP contribution < -0.4 is 0 Å². The van der Waals surface area contributed by atoms with Crippen molar-refractivity contribution in [2.45, 2.75) is 26.7 Å². The Morgan fingerprint density at radius 2 is 1.95 bits per heavy atom. The predicted molar refractivity (Wildman–Crippen MR) is 76.3 cm³/mol. The molecule has 1 aromatic carbocycles. The van der Waals surface area contributed by atoms with Crippen LogP contribution in [0.3, 0.4) is 0 Å². The van der Waals surface area contributed by atoms with Crippen molar-refractivity contribution in [1.29, 1.82) is 10.5 Å². The minimum Gasteiger partial charge on any atom is -0.360 e.